The first-order valence-corrected chi connectivity index (χ1v) is 5.24. The second-order valence-corrected chi connectivity index (χ2v) is 4.17. The van der Waals surface area contributed by atoms with Gasteiger partial charge in [-0.1, -0.05) is 0 Å². The van der Waals surface area contributed by atoms with Crippen molar-refractivity contribution in [2.45, 2.75) is 6.92 Å². The Balaban J connectivity index is 2.37. The zero-order valence-corrected chi connectivity index (χ0v) is 9.17. The first kappa shape index (κ1) is 10.4. The summed E-state index contributed by atoms with van der Waals surface area (Å²) < 4.78 is 5.18. The molecule has 0 saturated heterocycles. The third-order valence-corrected chi connectivity index (χ3v) is 2.90. The van der Waals surface area contributed by atoms with Gasteiger partial charge in [-0.05, 0) is 19.1 Å². The van der Waals surface area contributed by atoms with Crippen molar-refractivity contribution in [2.24, 2.45) is 0 Å². The number of thiazole rings is 1. The first-order valence-electron chi connectivity index (χ1n) is 4.43. The molecular weight excluding hydrogens is 226 g/mol. The van der Waals surface area contributed by atoms with Gasteiger partial charge in [0.05, 0.1) is 6.26 Å². The highest BCUT2D eigenvalue weighted by Crippen LogP contribution is 2.27. The largest absolute Gasteiger partial charge is 0.462 e. The van der Waals surface area contributed by atoms with Gasteiger partial charge in [0.1, 0.15) is 5.69 Å². The van der Waals surface area contributed by atoms with E-state index in [1.807, 2.05) is 5.32 Å². The van der Waals surface area contributed by atoms with Gasteiger partial charge in [-0.2, -0.15) is 5.26 Å². The molecule has 80 valence electrons. The number of carbonyl (C=O) groups excluding carboxylic acids is 1. The predicted molar refractivity (Wildman–Crippen MR) is 57.6 cm³/mol. The van der Waals surface area contributed by atoms with Crippen LogP contribution in [-0.2, 0) is 0 Å². The average Bonchev–Trinajstić information content (AvgIpc) is 2.86. The molecule has 0 aliphatic carbocycles. The molecule has 16 heavy (non-hydrogen) atoms. The van der Waals surface area contributed by atoms with Gasteiger partial charge >= 0.3 is 0 Å². The molecule has 0 unspecified atom stereocenters. The van der Waals surface area contributed by atoms with E-state index < -0.39 is 5.91 Å². The minimum Gasteiger partial charge on any atom is -0.462 e. The Morgan fingerprint density at radius 1 is 1.69 bits per heavy atom. The van der Waals surface area contributed by atoms with E-state index in [9.17, 15) is 4.79 Å². The second kappa shape index (κ2) is 4.16. The maximum Gasteiger partial charge on any atom is 0.284 e. The van der Waals surface area contributed by atoms with Gasteiger partial charge in [0.15, 0.2) is 17.0 Å². The lowest BCUT2D eigenvalue weighted by Crippen LogP contribution is -2.18. The summed E-state index contributed by atoms with van der Waals surface area (Å²) >= 11 is 1.35. The lowest BCUT2D eigenvalue weighted by Gasteiger charge is -1.91. The summed E-state index contributed by atoms with van der Waals surface area (Å²) in [4.78, 5) is 16.3. The Hall–Kier alpha value is -2.13. The van der Waals surface area contributed by atoms with Gasteiger partial charge in [0, 0.05) is 4.88 Å². The summed E-state index contributed by atoms with van der Waals surface area (Å²) in [7, 11) is 0. The number of hydrogen-bond acceptors (Lipinski definition) is 5. The van der Waals surface area contributed by atoms with Crippen LogP contribution < -0.4 is 5.32 Å². The van der Waals surface area contributed by atoms with Gasteiger partial charge in [-0.15, -0.1) is 11.3 Å². The van der Waals surface area contributed by atoms with Crippen LogP contribution in [0.15, 0.2) is 22.8 Å². The maximum atomic E-state index is 11.4. The zero-order chi connectivity index (χ0) is 11.5. The summed E-state index contributed by atoms with van der Waals surface area (Å²) in [5, 5.41) is 11.0. The molecule has 0 radical (unpaired) electrons. The molecular formula is C10H7N3O2S. The molecule has 0 atom stereocenters. The number of nitrogens with one attached hydrogen (secondary N) is 1. The second-order valence-electron chi connectivity index (χ2n) is 2.97. The fraction of sp³-hybridized carbons (Fsp3) is 0.100. The molecule has 2 heterocycles. The van der Waals surface area contributed by atoms with Crippen LogP contribution in [0.5, 0.6) is 0 Å². The third kappa shape index (κ3) is 1.81. The monoisotopic (exact) mass is 233 g/mol. The summed E-state index contributed by atoms with van der Waals surface area (Å²) in [5.41, 5.74) is 0.262. The molecule has 0 aromatic carbocycles. The van der Waals surface area contributed by atoms with Crippen LogP contribution in [0, 0.1) is 18.4 Å². The Labute approximate surface area is 95.3 Å². The molecule has 0 aliphatic rings. The number of carbonyl (C=O) groups is 1. The van der Waals surface area contributed by atoms with Crippen LogP contribution in [-0.4, -0.2) is 10.9 Å². The molecule has 0 aliphatic heterocycles. The zero-order valence-electron chi connectivity index (χ0n) is 8.35. The maximum absolute atomic E-state index is 11.4. The molecule has 5 nitrogen and oxygen atoms in total. The van der Waals surface area contributed by atoms with Crippen molar-refractivity contribution in [1.29, 1.82) is 5.26 Å². The van der Waals surface area contributed by atoms with Crippen LogP contribution in [0.1, 0.15) is 15.4 Å². The van der Waals surface area contributed by atoms with Gasteiger partial charge in [0.25, 0.3) is 5.91 Å². The number of hydrogen-bond donors (Lipinski definition) is 1. The molecule has 0 spiro atoms. The molecule has 0 fully saturated rings. The fourth-order valence-corrected chi connectivity index (χ4v) is 2.10. The highest BCUT2D eigenvalue weighted by molar-refractivity contribution is 7.15. The van der Waals surface area contributed by atoms with E-state index in [0.29, 0.717) is 10.8 Å². The predicted octanol–water partition coefficient (Wildman–Crippen LogP) is 1.92. The van der Waals surface area contributed by atoms with E-state index in [-0.39, 0.29) is 5.69 Å². The number of aromatic nitrogens is 1. The molecule has 6 heteroatoms. The first-order chi connectivity index (χ1) is 7.72. The minimum atomic E-state index is -0.492. The number of aryl methyl sites for hydroxylation is 1. The molecule has 2 aromatic heterocycles. The standard InChI is InChI=1S/C10H7N3O2S/c1-6-8(9(14)12-5-11)13-10(16-6)7-3-2-4-15-7/h2-4H,1H3,(H,12,14). The summed E-state index contributed by atoms with van der Waals surface area (Å²) in [6.07, 6.45) is 3.12. The normalized spacial score (nSPS) is 9.75. The Morgan fingerprint density at radius 3 is 3.12 bits per heavy atom. The third-order valence-electron chi connectivity index (χ3n) is 1.91. The lowest BCUT2D eigenvalue weighted by molar-refractivity contribution is 0.0968. The summed E-state index contributed by atoms with van der Waals surface area (Å²) in [6, 6.07) is 3.52. The molecule has 0 bridgehead atoms. The van der Waals surface area contributed by atoms with Gasteiger partial charge in [0.2, 0.25) is 0 Å². The Morgan fingerprint density at radius 2 is 2.50 bits per heavy atom. The number of nitrogens with zero attached hydrogens (tertiary/aromatic N) is 2. The van der Waals surface area contributed by atoms with E-state index in [1.54, 1.807) is 31.5 Å². The van der Waals surface area contributed by atoms with Gasteiger partial charge < -0.3 is 4.42 Å². The van der Waals surface area contributed by atoms with Gasteiger partial charge in [-0.3, -0.25) is 10.1 Å². The van der Waals surface area contributed by atoms with Crippen molar-refractivity contribution in [2.75, 3.05) is 0 Å². The number of furan rings is 1. The van der Waals surface area contributed by atoms with Crippen molar-refractivity contribution >= 4 is 17.2 Å². The topological polar surface area (TPSA) is 78.9 Å². The van der Waals surface area contributed by atoms with Crippen LogP contribution in [0.4, 0.5) is 0 Å². The smallest absolute Gasteiger partial charge is 0.284 e. The highest BCUT2D eigenvalue weighted by Gasteiger charge is 2.16. The van der Waals surface area contributed by atoms with E-state index in [1.165, 1.54) is 11.3 Å². The van der Waals surface area contributed by atoms with Crippen molar-refractivity contribution in [3.05, 3.63) is 29.0 Å². The Kier molecular flexibility index (Phi) is 2.70. The number of amides is 1. The minimum absolute atomic E-state index is 0.262. The molecule has 2 aromatic rings. The van der Waals surface area contributed by atoms with E-state index in [4.69, 9.17) is 9.68 Å². The Bertz CT molecular complexity index is 551. The van der Waals surface area contributed by atoms with Crippen LogP contribution in [0.25, 0.3) is 10.8 Å². The van der Waals surface area contributed by atoms with E-state index in [2.05, 4.69) is 4.98 Å². The summed E-state index contributed by atoms with van der Waals surface area (Å²) in [6.45, 7) is 1.77. The van der Waals surface area contributed by atoms with Crippen molar-refractivity contribution in [3.8, 4) is 17.0 Å². The molecule has 1 amide bonds. The van der Waals surface area contributed by atoms with Crippen LogP contribution >= 0.6 is 11.3 Å². The quantitative estimate of drug-likeness (QED) is 0.634. The van der Waals surface area contributed by atoms with Gasteiger partial charge in [-0.25, -0.2) is 4.98 Å². The molecule has 2 rings (SSSR count). The van der Waals surface area contributed by atoms with Crippen molar-refractivity contribution in [3.63, 3.8) is 0 Å². The number of rotatable bonds is 2. The average molecular weight is 233 g/mol. The van der Waals surface area contributed by atoms with E-state index >= 15 is 0 Å². The fourth-order valence-electron chi connectivity index (χ4n) is 1.22. The van der Waals surface area contributed by atoms with Crippen LogP contribution in [0.3, 0.4) is 0 Å². The van der Waals surface area contributed by atoms with E-state index in [0.717, 1.165) is 4.88 Å². The highest BCUT2D eigenvalue weighted by atomic mass is 32.1. The van der Waals surface area contributed by atoms with Crippen LogP contribution in [0.2, 0.25) is 0 Å². The lowest BCUT2D eigenvalue weighted by atomic mass is 10.3. The SMILES string of the molecule is Cc1sc(-c2ccco2)nc1C(=O)NC#N. The number of nitriles is 1. The molecule has 0 saturated carbocycles. The van der Waals surface area contributed by atoms with Crippen molar-refractivity contribution in [1.82, 2.24) is 10.3 Å². The molecule has 1 N–H and O–H groups in total. The van der Waals surface area contributed by atoms with Crippen molar-refractivity contribution < 1.29 is 9.21 Å². The summed E-state index contributed by atoms with van der Waals surface area (Å²) in [5.74, 6) is 0.123.